The van der Waals surface area contributed by atoms with Gasteiger partial charge < -0.3 is 10.2 Å². The summed E-state index contributed by atoms with van der Waals surface area (Å²) in [6.45, 7) is 6.62. The van der Waals surface area contributed by atoms with Crippen molar-refractivity contribution in [3.05, 3.63) is 53.2 Å². The maximum Gasteiger partial charge on any atom is 0.257 e. The third-order valence-corrected chi connectivity index (χ3v) is 6.90. The summed E-state index contributed by atoms with van der Waals surface area (Å²) in [6.07, 6.45) is 2.16. The van der Waals surface area contributed by atoms with Crippen molar-refractivity contribution in [3.8, 4) is 0 Å². The number of aromatic nitrogens is 1. The number of nitrogens with zero attached hydrogens (tertiary/aromatic N) is 2. The zero-order valence-electron chi connectivity index (χ0n) is 15.9. The van der Waals surface area contributed by atoms with E-state index in [9.17, 15) is 13.2 Å². The third kappa shape index (κ3) is 4.30. The van der Waals surface area contributed by atoms with Gasteiger partial charge in [0.2, 0.25) is 0 Å². The predicted molar refractivity (Wildman–Crippen MR) is 108 cm³/mol. The van der Waals surface area contributed by atoms with Crippen molar-refractivity contribution in [2.75, 3.05) is 28.3 Å². The summed E-state index contributed by atoms with van der Waals surface area (Å²) in [4.78, 5) is 18.9. The first-order chi connectivity index (χ1) is 12.8. The van der Waals surface area contributed by atoms with E-state index in [2.05, 4.69) is 10.3 Å². The SMILES string of the molecule is CCN(c1ccc(C(=O)Nc2cccc(C)c2C)cn1)C1CCS(=O)(=O)C1. The largest absolute Gasteiger partial charge is 0.353 e. The molecule has 2 heterocycles. The Kier molecular flexibility index (Phi) is 5.51. The van der Waals surface area contributed by atoms with Crippen molar-refractivity contribution in [1.29, 1.82) is 0 Å². The maximum atomic E-state index is 12.5. The molecule has 1 aliphatic rings. The molecule has 1 fully saturated rings. The van der Waals surface area contributed by atoms with Crippen molar-refractivity contribution in [2.24, 2.45) is 0 Å². The van der Waals surface area contributed by atoms with Crippen molar-refractivity contribution in [3.63, 3.8) is 0 Å². The van der Waals surface area contributed by atoms with Gasteiger partial charge in [0.1, 0.15) is 5.82 Å². The van der Waals surface area contributed by atoms with Gasteiger partial charge in [-0.3, -0.25) is 4.79 Å². The van der Waals surface area contributed by atoms with Gasteiger partial charge in [0.15, 0.2) is 9.84 Å². The minimum Gasteiger partial charge on any atom is -0.353 e. The third-order valence-electron chi connectivity index (χ3n) is 5.15. The van der Waals surface area contributed by atoms with Crippen LogP contribution in [0.15, 0.2) is 36.5 Å². The molecule has 1 aromatic heterocycles. The van der Waals surface area contributed by atoms with E-state index in [0.717, 1.165) is 16.8 Å². The summed E-state index contributed by atoms with van der Waals surface area (Å²) in [5.74, 6) is 0.874. The van der Waals surface area contributed by atoms with E-state index in [4.69, 9.17) is 0 Å². The van der Waals surface area contributed by atoms with Crippen LogP contribution in [0.1, 0.15) is 34.8 Å². The number of sulfone groups is 1. The van der Waals surface area contributed by atoms with Gasteiger partial charge in [-0.25, -0.2) is 13.4 Å². The molecule has 3 rings (SSSR count). The number of carbonyl (C=O) groups excluding carboxylic acids is 1. The lowest BCUT2D eigenvalue weighted by Crippen LogP contribution is -2.36. The molecule has 1 saturated heterocycles. The number of benzene rings is 1. The Morgan fingerprint density at radius 1 is 1.26 bits per heavy atom. The Morgan fingerprint density at radius 3 is 2.63 bits per heavy atom. The highest BCUT2D eigenvalue weighted by Crippen LogP contribution is 2.23. The van der Waals surface area contributed by atoms with Crippen LogP contribution < -0.4 is 10.2 Å². The lowest BCUT2D eigenvalue weighted by molar-refractivity contribution is 0.102. The van der Waals surface area contributed by atoms with E-state index in [1.54, 1.807) is 18.3 Å². The maximum absolute atomic E-state index is 12.5. The zero-order valence-corrected chi connectivity index (χ0v) is 16.7. The summed E-state index contributed by atoms with van der Waals surface area (Å²) < 4.78 is 23.5. The second kappa shape index (κ2) is 7.68. The van der Waals surface area contributed by atoms with Gasteiger partial charge in [0.05, 0.1) is 17.1 Å². The van der Waals surface area contributed by atoms with Crippen molar-refractivity contribution in [2.45, 2.75) is 33.2 Å². The molecule has 0 saturated carbocycles. The van der Waals surface area contributed by atoms with Crippen LogP contribution in [0.5, 0.6) is 0 Å². The van der Waals surface area contributed by atoms with Crippen molar-refractivity contribution in [1.82, 2.24) is 4.98 Å². The minimum atomic E-state index is -2.96. The molecular weight excluding hydrogens is 362 g/mol. The van der Waals surface area contributed by atoms with Gasteiger partial charge in [0, 0.05) is 24.5 Å². The molecule has 6 nitrogen and oxygen atoms in total. The number of anilines is 2. The predicted octanol–water partition coefficient (Wildman–Crippen LogP) is 2.96. The molecule has 0 radical (unpaired) electrons. The van der Waals surface area contributed by atoms with Crippen molar-refractivity contribution >= 4 is 27.2 Å². The van der Waals surface area contributed by atoms with Crippen LogP contribution in [-0.2, 0) is 9.84 Å². The van der Waals surface area contributed by atoms with Crippen LogP contribution in [0.2, 0.25) is 0 Å². The van der Waals surface area contributed by atoms with E-state index in [0.29, 0.717) is 24.3 Å². The lowest BCUT2D eigenvalue weighted by Gasteiger charge is -2.28. The number of aryl methyl sites for hydroxylation is 1. The van der Waals surface area contributed by atoms with Gasteiger partial charge in [-0.1, -0.05) is 12.1 Å². The standard InChI is InChI=1S/C20H25N3O3S/c1-4-23(17-10-11-27(25,26)13-17)19-9-8-16(12-21-19)20(24)22-18-7-5-6-14(2)15(18)3/h5-9,12,17H,4,10-11,13H2,1-3H3,(H,22,24). The Bertz CT molecular complexity index is 939. The fourth-order valence-corrected chi connectivity index (χ4v) is 5.13. The van der Waals surface area contributed by atoms with Crippen LogP contribution >= 0.6 is 0 Å². The van der Waals surface area contributed by atoms with Crippen LogP contribution in [-0.4, -0.2) is 43.4 Å². The fraction of sp³-hybridized carbons (Fsp3) is 0.400. The molecule has 1 aromatic carbocycles. The van der Waals surface area contributed by atoms with Gasteiger partial charge in [-0.05, 0) is 56.5 Å². The average molecular weight is 388 g/mol. The van der Waals surface area contributed by atoms with Gasteiger partial charge in [-0.15, -0.1) is 0 Å². The molecule has 2 aromatic rings. The molecule has 144 valence electrons. The van der Waals surface area contributed by atoms with E-state index in [1.165, 1.54) is 0 Å². The number of hydrogen-bond acceptors (Lipinski definition) is 5. The van der Waals surface area contributed by atoms with Crippen LogP contribution in [0, 0.1) is 13.8 Å². The van der Waals surface area contributed by atoms with Gasteiger partial charge >= 0.3 is 0 Å². The topological polar surface area (TPSA) is 79.4 Å². The van der Waals surface area contributed by atoms with Crippen LogP contribution in [0.25, 0.3) is 0 Å². The van der Waals surface area contributed by atoms with Crippen molar-refractivity contribution < 1.29 is 13.2 Å². The molecule has 0 spiro atoms. The minimum absolute atomic E-state index is 0.0536. The van der Waals surface area contributed by atoms with Crippen LogP contribution in [0.4, 0.5) is 11.5 Å². The Hall–Kier alpha value is -2.41. The molecule has 27 heavy (non-hydrogen) atoms. The molecule has 1 N–H and O–H groups in total. The summed E-state index contributed by atoms with van der Waals surface area (Å²) in [5, 5.41) is 2.92. The first-order valence-corrected chi connectivity index (χ1v) is 10.9. The van der Waals surface area contributed by atoms with Crippen LogP contribution in [0.3, 0.4) is 0 Å². The molecule has 1 amide bonds. The lowest BCUT2D eigenvalue weighted by atomic mass is 10.1. The summed E-state index contributed by atoms with van der Waals surface area (Å²) >= 11 is 0. The highest BCUT2D eigenvalue weighted by molar-refractivity contribution is 7.91. The number of nitrogens with one attached hydrogen (secondary N) is 1. The molecule has 7 heteroatoms. The zero-order chi connectivity index (χ0) is 19.6. The van der Waals surface area contributed by atoms with Gasteiger partial charge in [0.25, 0.3) is 5.91 Å². The van der Waals surface area contributed by atoms with E-state index >= 15 is 0 Å². The Labute approximate surface area is 160 Å². The summed E-state index contributed by atoms with van der Waals surface area (Å²) in [5.41, 5.74) is 3.41. The summed E-state index contributed by atoms with van der Waals surface area (Å²) in [6, 6.07) is 9.25. The quantitative estimate of drug-likeness (QED) is 0.853. The number of pyridine rings is 1. The summed E-state index contributed by atoms with van der Waals surface area (Å²) in [7, 11) is -2.96. The molecule has 0 bridgehead atoms. The van der Waals surface area contributed by atoms with E-state index in [1.807, 2.05) is 43.9 Å². The first-order valence-electron chi connectivity index (χ1n) is 9.11. The van der Waals surface area contributed by atoms with Gasteiger partial charge in [-0.2, -0.15) is 0 Å². The first kappa shape index (κ1) is 19.4. The van der Waals surface area contributed by atoms with E-state index < -0.39 is 9.84 Å². The second-order valence-electron chi connectivity index (χ2n) is 6.95. The highest BCUT2D eigenvalue weighted by atomic mass is 32.2. The molecule has 1 aliphatic heterocycles. The number of rotatable bonds is 5. The molecule has 1 unspecified atom stereocenters. The number of amides is 1. The molecule has 0 aliphatic carbocycles. The number of carbonyl (C=O) groups is 1. The second-order valence-corrected chi connectivity index (χ2v) is 9.18. The monoisotopic (exact) mass is 387 g/mol. The molecule has 1 atom stereocenters. The smallest absolute Gasteiger partial charge is 0.257 e. The van der Waals surface area contributed by atoms with E-state index in [-0.39, 0.29) is 23.5 Å². The Balaban J connectivity index is 1.74. The number of hydrogen-bond donors (Lipinski definition) is 1. The normalized spacial score (nSPS) is 18.3. The average Bonchev–Trinajstić information content (AvgIpc) is 2.99. The highest BCUT2D eigenvalue weighted by Gasteiger charge is 2.32. The fourth-order valence-electron chi connectivity index (χ4n) is 3.40. The molecular formula is C20H25N3O3S. The Morgan fingerprint density at radius 2 is 2.04 bits per heavy atom.